The third-order valence-electron chi connectivity index (χ3n) is 3.33. The van der Waals surface area contributed by atoms with Crippen molar-refractivity contribution in [2.24, 2.45) is 7.05 Å². The minimum atomic E-state index is -0.628. The summed E-state index contributed by atoms with van der Waals surface area (Å²) in [5.41, 5.74) is 3.78. The lowest BCUT2D eigenvalue weighted by Crippen LogP contribution is -2.09. The van der Waals surface area contributed by atoms with E-state index in [0.29, 0.717) is 5.69 Å². The predicted molar refractivity (Wildman–Crippen MR) is 72.8 cm³/mol. The molecule has 2 N–H and O–H groups in total. The molecule has 1 atom stereocenters. The Balaban J connectivity index is 2.25. The molecule has 1 aromatic heterocycles. The maximum atomic E-state index is 13.3. The Bertz CT molecular complexity index is 607. The van der Waals surface area contributed by atoms with E-state index in [-0.39, 0.29) is 11.8 Å². The van der Waals surface area contributed by atoms with E-state index in [4.69, 9.17) is 0 Å². The zero-order valence-electron chi connectivity index (χ0n) is 11.5. The van der Waals surface area contributed by atoms with E-state index in [2.05, 4.69) is 10.4 Å². The molecule has 0 saturated heterocycles. The number of nitrogens with zero attached hydrogens (tertiary/aromatic N) is 2. The fraction of sp³-hybridized carbons (Fsp3) is 0.357. The molecular formula is C14H18FN3O. The first kappa shape index (κ1) is 13.4. The van der Waals surface area contributed by atoms with Gasteiger partial charge in [0, 0.05) is 30.1 Å². The van der Waals surface area contributed by atoms with Crippen LogP contribution in [-0.2, 0) is 7.05 Å². The number of phenols is 1. The first-order valence-electron chi connectivity index (χ1n) is 6.15. The van der Waals surface area contributed by atoms with Gasteiger partial charge in [-0.15, -0.1) is 0 Å². The van der Waals surface area contributed by atoms with Crippen LogP contribution in [0.2, 0.25) is 0 Å². The van der Waals surface area contributed by atoms with Crippen LogP contribution in [0.4, 0.5) is 10.1 Å². The molecule has 0 amide bonds. The van der Waals surface area contributed by atoms with Crippen LogP contribution in [0.3, 0.4) is 0 Å². The summed E-state index contributed by atoms with van der Waals surface area (Å²) in [7, 11) is 1.90. The number of benzene rings is 1. The van der Waals surface area contributed by atoms with Gasteiger partial charge >= 0.3 is 0 Å². The Morgan fingerprint density at radius 2 is 2.05 bits per heavy atom. The van der Waals surface area contributed by atoms with Gasteiger partial charge in [-0.2, -0.15) is 5.10 Å². The van der Waals surface area contributed by atoms with Crippen molar-refractivity contribution in [1.29, 1.82) is 0 Å². The summed E-state index contributed by atoms with van der Waals surface area (Å²) >= 11 is 0. The van der Waals surface area contributed by atoms with Crippen molar-refractivity contribution in [3.63, 3.8) is 0 Å². The summed E-state index contributed by atoms with van der Waals surface area (Å²) in [6, 6.07) is 4.29. The van der Waals surface area contributed by atoms with Crippen LogP contribution >= 0.6 is 0 Å². The minimum Gasteiger partial charge on any atom is -0.505 e. The fourth-order valence-electron chi connectivity index (χ4n) is 2.34. The molecule has 1 unspecified atom stereocenters. The number of aryl methyl sites for hydroxylation is 2. The lowest BCUT2D eigenvalue weighted by molar-refractivity contribution is 0.432. The van der Waals surface area contributed by atoms with Crippen LogP contribution in [0, 0.1) is 19.7 Å². The van der Waals surface area contributed by atoms with Crippen molar-refractivity contribution in [2.75, 3.05) is 5.32 Å². The molecule has 0 fully saturated rings. The second kappa shape index (κ2) is 4.91. The molecule has 0 radical (unpaired) electrons. The summed E-state index contributed by atoms with van der Waals surface area (Å²) in [5, 5.41) is 16.8. The number of anilines is 1. The number of rotatable bonds is 3. The van der Waals surface area contributed by atoms with Crippen molar-refractivity contribution in [3.05, 3.63) is 41.0 Å². The van der Waals surface area contributed by atoms with Crippen LogP contribution in [-0.4, -0.2) is 14.9 Å². The Kier molecular flexibility index (Phi) is 3.46. The van der Waals surface area contributed by atoms with Gasteiger partial charge in [-0.25, -0.2) is 4.39 Å². The van der Waals surface area contributed by atoms with Crippen LogP contribution in [0.15, 0.2) is 18.2 Å². The SMILES string of the molecule is Cc1nn(C)c(C)c1C(C)Nc1ccc(O)c(F)c1. The van der Waals surface area contributed by atoms with Gasteiger partial charge in [0.25, 0.3) is 0 Å². The molecule has 0 bridgehead atoms. The number of aromatic hydroxyl groups is 1. The third-order valence-corrected chi connectivity index (χ3v) is 3.33. The topological polar surface area (TPSA) is 50.1 Å². The number of phenolic OH excluding ortho intramolecular Hbond substituents is 1. The largest absolute Gasteiger partial charge is 0.505 e. The second-order valence-electron chi connectivity index (χ2n) is 4.74. The van der Waals surface area contributed by atoms with E-state index < -0.39 is 5.82 Å². The van der Waals surface area contributed by atoms with Crippen molar-refractivity contribution >= 4 is 5.69 Å². The Labute approximate surface area is 111 Å². The number of nitrogens with one attached hydrogen (secondary N) is 1. The molecule has 0 aliphatic rings. The van der Waals surface area contributed by atoms with Crippen molar-refractivity contribution in [3.8, 4) is 5.75 Å². The third kappa shape index (κ3) is 2.54. The minimum absolute atomic E-state index is 0.0117. The van der Waals surface area contributed by atoms with Gasteiger partial charge in [-0.3, -0.25) is 4.68 Å². The Morgan fingerprint density at radius 3 is 2.58 bits per heavy atom. The molecule has 2 rings (SSSR count). The van der Waals surface area contributed by atoms with Crippen molar-refractivity contribution in [1.82, 2.24) is 9.78 Å². The van der Waals surface area contributed by atoms with E-state index in [0.717, 1.165) is 17.0 Å². The maximum Gasteiger partial charge on any atom is 0.166 e. The number of aromatic nitrogens is 2. The van der Waals surface area contributed by atoms with E-state index in [1.54, 1.807) is 6.07 Å². The fourth-order valence-corrected chi connectivity index (χ4v) is 2.34. The highest BCUT2D eigenvalue weighted by molar-refractivity contribution is 5.49. The quantitative estimate of drug-likeness (QED) is 0.837. The monoisotopic (exact) mass is 263 g/mol. The number of halogens is 1. The molecule has 2 aromatic rings. The molecule has 19 heavy (non-hydrogen) atoms. The molecule has 1 heterocycles. The average molecular weight is 263 g/mol. The molecule has 0 aliphatic heterocycles. The number of hydrogen-bond acceptors (Lipinski definition) is 3. The van der Waals surface area contributed by atoms with Gasteiger partial charge in [0.15, 0.2) is 11.6 Å². The molecule has 1 aromatic carbocycles. The summed E-state index contributed by atoms with van der Waals surface area (Å²) in [4.78, 5) is 0. The summed E-state index contributed by atoms with van der Waals surface area (Å²) in [6.45, 7) is 5.96. The van der Waals surface area contributed by atoms with Gasteiger partial charge in [-0.05, 0) is 32.9 Å². The Morgan fingerprint density at radius 1 is 1.37 bits per heavy atom. The standard InChI is InChI=1S/C14H18FN3O/c1-8(14-9(2)17-18(4)10(14)3)16-11-5-6-13(19)12(15)7-11/h5-8,16,19H,1-4H3. The summed E-state index contributed by atoms with van der Waals surface area (Å²) in [5.74, 6) is -0.969. The molecule has 0 spiro atoms. The summed E-state index contributed by atoms with van der Waals surface area (Å²) in [6.07, 6.45) is 0. The lowest BCUT2D eigenvalue weighted by atomic mass is 10.1. The molecule has 102 valence electrons. The normalized spacial score (nSPS) is 12.5. The first-order chi connectivity index (χ1) is 8.90. The van der Waals surface area contributed by atoms with Crippen LogP contribution in [0.25, 0.3) is 0 Å². The molecule has 5 heteroatoms. The van der Waals surface area contributed by atoms with Crippen molar-refractivity contribution < 1.29 is 9.50 Å². The van der Waals surface area contributed by atoms with E-state index in [1.165, 1.54) is 12.1 Å². The molecule has 0 aliphatic carbocycles. The second-order valence-corrected chi connectivity index (χ2v) is 4.74. The highest BCUT2D eigenvalue weighted by Gasteiger charge is 2.16. The Hall–Kier alpha value is -2.04. The van der Waals surface area contributed by atoms with E-state index >= 15 is 0 Å². The van der Waals surface area contributed by atoms with Crippen LogP contribution < -0.4 is 5.32 Å². The van der Waals surface area contributed by atoms with Crippen LogP contribution in [0.5, 0.6) is 5.75 Å². The number of hydrogen-bond donors (Lipinski definition) is 2. The highest BCUT2D eigenvalue weighted by atomic mass is 19.1. The maximum absolute atomic E-state index is 13.3. The van der Waals surface area contributed by atoms with Crippen LogP contribution in [0.1, 0.15) is 29.9 Å². The smallest absolute Gasteiger partial charge is 0.166 e. The highest BCUT2D eigenvalue weighted by Crippen LogP contribution is 2.26. The lowest BCUT2D eigenvalue weighted by Gasteiger charge is -2.16. The van der Waals surface area contributed by atoms with E-state index in [1.807, 2.05) is 32.5 Å². The zero-order valence-corrected chi connectivity index (χ0v) is 11.5. The molecule has 0 saturated carbocycles. The zero-order chi connectivity index (χ0) is 14.2. The van der Waals surface area contributed by atoms with Gasteiger partial charge in [0.1, 0.15) is 0 Å². The molecular weight excluding hydrogens is 245 g/mol. The average Bonchev–Trinajstić information content (AvgIpc) is 2.58. The molecule has 4 nitrogen and oxygen atoms in total. The first-order valence-corrected chi connectivity index (χ1v) is 6.15. The van der Waals surface area contributed by atoms with E-state index in [9.17, 15) is 9.50 Å². The predicted octanol–water partition coefficient (Wildman–Crippen LogP) is 3.05. The van der Waals surface area contributed by atoms with Gasteiger partial charge < -0.3 is 10.4 Å². The summed E-state index contributed by atoms with van der Waals surface area (Å²) < 4.78 is 15.1. The van der Waals surface area contributed by atoms with Crippen molar-refractivity contribution in [2.45, 2.75) is 26.8 Å². The van der Waals surface area contributed by atoms with Gasteiger partial charge in [0.2, 0.25) is 0 Å². The van der Waals surface area contributed by atoms with Gasteiger partial charge in [0.05, 0.1) is 11.7 Å². The van der Waals surface area contributed by atoms with Gasteiger partial charge in [-0.1, -0.05) is 0 Å².